The van der Waals surface area contributed by atoms with E-state index in [-0.39, 0.29) is 5.78 Å². The minimum absolute atomic E-state index is 0.0572. The van der Waals surface area contributed by atoms with E-state index in [1.807, 2.05) is 52.0 Å². The van der Waals surface area contributed by atoms with Gasteiger partial charge in [0.05, 0.1) is 0 Å². The minimum Gasteiger partial charge on any atom is -0.453 e. The van der Waals surface area contributed by atoms with Crippen LogP contribution >= 0.6 is 0 Å². The SMILES string of the molecule is CCOC(CC)(CC)C(=O)c1cc2cc(C)ccc2o1. The fourth-order valence-corrected chi connectivity index (χ4v) is 2.62. The van der Waals surface area contributed by atoms with Crippen molar-refractivity contribution in [2.75, 3.05) is 6.61 Å². The number of hydrogen-bond donors (Lipinski definition) is 0. The Bertz CT molecular complexity index is 606. The second-order valence-electron chi connectivity index (χ2n) is 5.12. The summed E-state index contributed by atoms with van der Waals surface area (Å²) in [5, 5.41) is 0.964. The van der Waals surface area contributed by atoms with Gasteiger partial charge in [0.15, 0.2) is 5.76 Å². The van der Waals surface area contributed by atoms with E-state index in [0.717, 1.165) is 16.5 Å². The zero-order valence-corrected chi connectivity index (χ0v) is 12.7. The summed E-state index contributed by atoms with van der Waals surface area (Å²) >= 11 is 0. The normalized spacial score (nSPS) is 12.0. The zero-order chi connectivity index (χ0) is 14.8. The molecule has 0 saturated heterocycles. The predicted octanol–water partition coefficient (Wildman–Crippen LogP) is 4.52. The minimum atomic E-state index is -0.766. The maximum Gasteiger partial charge on any atom is 0.229 e. The van der Waals surface area contributed by atoms with Crippen LogP contribution in [-0.4, -0.2) is 18.0 Å². The summed E-state index contributed by atoms with van der Waals surface area (Å²) in [6.07, 6.45) is 1.29. The predicted molar refractivity (Wildman–Crippen MR) is 80.2 cm³/mol. The molecule has 0 N–H and O–H groups in total. The van der Waals surface area contributed by atoms with Crippen molar-refractivity contribution in [3.63, 3.8) is 0 Å². The highest BCUT2D eigenvalue weighted by molar-refractivity contribution is 6.03. The maximum absolute atomic E-state index is 12.8. The molecule has 0 atom stereocenters. The molecule has 2 rings (SSSR count). The third kappa shape index (κ3) is 2.50. The lowest BCUT2D eigenvalue weighted by Gasteiger charge is -2.28. The van der Waals surface area contributed by atoms with Gasteiger partial charge in [-0.05, 0) is 44.9 Å². The number of fused-ring (bicyclic) bond motifs is 1. The Morgan fingerprint density at radius 1 is 1.20 bits per heavy atom. The van der Waals surface area contributed by atoms with Crippen molar-refractivity contribution in [3.05, 3.63) is 35.6 Å². The van der Waals surface area contributed by atoms with Gasteiger partial charge in [-0.25, -0.2) is 0 Å². The number of ketones is 1. The summed E-state index contributed by atoms with van der Waals surface area (Å²) in [4.78, 5) is 12.8. The molecule has 3 heteroatoms. The molecule has 1 aromatic heterocycles. The van der Waals surface area contributed by atoms with Crippen LogP contribution in [0.25, 0.3) is 11.0 Å². The third-order valence-electron chi connectivity index (χ3n) is 3.87. The number of rotatable bonds is 6. The van der Waals surface area contributed by atoms with Crippen LogP contribution in [0.5, 0.6) is 0 Å². The summed E-state index contributed by atoms with van der Waals surface area (Å²) in [5.41, 5.74) is 1.13. The molecule has 0 amide bonds. The van der Waals surface area contributed by atoms with Gasteiger partial charge in [-0.3, -0.25) is 4.79 Å². The van der Waals surface area contributed by atoms with Crippen LogP contribution in [0.2, 0.25) is 0 Å². The molecule has 0 aliphatic heterocycles. The number of carbonyl (C=O) groups excluding carboxylic acids is 1. The monoisotopic (exact) mass is 274 g/mol. The first-order valence-electron chi connectivity index (χ1n) is 7.25. The molecule has 0 spiro atoms. The first-order valence-corrected chi connectivity index (χ1v) is 7.25. The summed E-state index contributed by atoms with van der Waals surface area (Å²) in [6, 6.07) is 7.73. The second kappa shape index (κ2) is 5.80. The van der Waals surface area contributed by atoms with Crippen molar-refractivity contribution in [1.82, 2.24) is 0 Å². The fraction of sp³-hybridized carbons (Fsp3) is 0.471. The third-order valence-corrected chi connectivity index (χ3v) is 3.87. The lowest BCUT2D eigenvalue weighted by molar-refractivity contribution is -0.0265. The number of hydrogen-bond acceptors (Lipinski definition) is 3. The molecule has 0 saturated carbocycles. The molecule has 20 heavy (non-hydrogen) atoms. The molecule has 0 radical (unpaired) electrons. The van der Waals surface area contributed by atoms with E-state index in [4.69, 9.17) is 9.15 Å². The topological polar surface area (TPSA) is 39.4 Å². The van der Waals surface area contributed by atoms with Crippen LogP contribution in [0.1, 0.15) is 49.7 Å². The van der Waals surface area contributed by atoms with E-state index in [1.54, 1.807) is 0 Å². The van der Waals surface area contributed by atoms with Gasteiger partial charge in [0.2, 0.25) is 5.78 Å². The molecule has 0 unspecified atom stereocenters. The van der Waals surface area contributed by atoms with Crippen molar-refractivity contribution in [1.29, 1.82) is 0 Å². The molecule has 0 aliphatic carbocycles. The van der Waals surface area contributed by atoms with Crippen LogP contribution in [0.4, 0.5) is 0 Å². The Kier molecular flexibility index (Phi) is 4.29. The average molecular weight is 274 g/mol. The van der Waals surface area contributed by atoms with Crippen molar-refractivity contribution in [2.45, 2.75) is 46.1 Å². The molecule has 0 aliphatic rings. The Hall–Kier alpha value is -1.61. The van der Waals surface area contributed by atoms with Crippen molar-refractivity contribution in [2.24, 2.45) is 0 Å². The van der Waals surface area contributed by atoms with Gasteiger partial charge in [0, 0.05) is 12.0 Å². The fourth-order valence-electron chi connectivity index (χ4n) is 2.62. The van der Waals surface area contributed by atoms with E-state index < -0.39 is 5.60 Å². The maximum atomic E-state index is 12.8. The average Bonchev–Trinajstić information content (AvgIpc) is 2.87. The van der Waals surface area contributed by atoms with Gasteiger partial charge in [0.1, 0.15) is 11.2 Å². The second-order valence-corrected chi connectivity index (χ2v) is 5.12. The molecule has 0 fully saturated rings. The highest BCUT2D eigenvalue weighted by Crippen LogP contribution is 2.29. The molecule has 3 nitrogen and oxygen atoms in total. The van der Waals surface area contributed by atoms with Gasteiger partial charge in [-0.1, -0.05) is 25.5 Å². The summed E-state index contributed by atoms with van der Waals surface area (Å²) in [5.74, 6) is 0.334. The number of benzene rings is 1. The molecular formula is C17H22O3. The van der Waals surface area contributed by atoms with Crippen molar-refractivity contribution >= 4 is 16.8 Å². The molecule has 108 valence electrons. The lowest BCUT2D eigenvalue weighted by atomic mass is 9.90. The number of ether oxygens (including phenoxy) is 1. The van der Waals surface area contributed by atoms with E-state index in [1.165, 1.54) is 0 Å². The van der Waals surface area contributed by atoms with E-state index in [0.29, 0.717) is 25.2 Å². The lowest BCUT2D eigenvalue weighted by Crippen LogP contribution is -2.40. The van der Waals surface area contributed by atoms with E-state index >= 15 is 0 Å². The first-order chi connectivity index (χ1) is 9.56. The molecule has 2 aromatic rings. The van der Waals surface area contributed by atoms with Gasteiger partial charge >= 0.3 is 0 Å². The standard InChI is InChI=1S/C17H22O3/c1-5-17(6-2,19-7-3)16(18)15-11-13-10-12(4)8-9-14(13)20-15/h8-11H,5-7H2,1-4H3. The van der Waals surface area contributed by atoms with E-state index in [9.17, 15) is 4.79 Å². The molecular weight excluding hydrogens is 252 g/mol. The Morgan fingerprint density at radius 2 is 1.90 bits per heavy atom. The van der Waals surface area contributed by atoms with Crippen LogP contribution in [0.15, 0.2) is 28.7 Å². The number of furan rings is 1. The van der Waals surface area contributed by atoms with Gasteiger partial charge < -0.3 is 9.15 Å². The first kappa shape index (κ1) is 14.8. The van der Waals surface area contributed by atoms with Crippen LogP contribution in [0, 0.1) is 6.92 Å². The van der Waals surface area contributed by atoms with Crippen LogP contribution in [0.3, 0.4) is 0 Å². The number of carbonyl (C=O) groups is 1. The molecule has 0 bridgehead atoms. The number of Topliss-reactive ketones (excluding diaryl/α,β-unsaturated/α-hetero) is 1. The Morgan fingerprint density at radius 3 is 2.50 bits per heavy atom. The zero-order valence-electron chi connectivity index (χ0n) is 12.7. The highest BCUT2D eigenvalue weighted by Gasteiger charge is 2.38. The molecule has 1 heterocycles. The summed E-state index contributed by atoms with van der Waals surface area (Å²) < 4.78 is 11.5. The number of aryl methyl sites for hydroxylation is 1. The van der Waals surface area contributed by atoms with Gasteiger partial charge in [0.25, 0.3) is 0 Å². The van der Waals surface area contributed by atoms with Crippen LogP contribution < -0.4 is 0 Å². The smallest absolute Gasteiger partial charge is 0.229 e. The summed E-state index contributed by atoms with van der Waals surface area (Å²) in [7, 11) is 0. The van der Waals surface area contributed by atoms with Crippen LogP contribution in [-0.2, 0) is 4.74 Å². The van der Waals surface area contributed by atoms with E-state index in [2.05, 4.69) is 0 Å². The molecule has 1 aromatic carbocycles. The Balaban J connectivity index is 2.43. The largest absolute Gasteiger partial charge is 0.453 e. The Labute approximate surface area is 119 Å². The van der Waals surface area contributed by atoms with Gasteiger partial charge in [-0.2, -0.15) is 0 Å². The highest BCUT2D eigenvalue weighted by atomic mass is 16.5. The van der Waals surface area contributed by atoms with Crippen molar-refractivity contribution in [3.8, 4) is 0 Å². The van der Waals surface area contributed by atoms with Gasteiger partial charge in [-0.15, -0.1) is 0 Å². The van der Waals surface area contributed by atoms with Crippen molar-refractivity contribution < 1.29 is 13.9 Å². The quantitative estimate of drug-likeness (QED) is 0.727. The summed E-state index contributed by atoms with van der Waals surface area (Å²) in [6.45, 7) is 8.41.